The number of ether oxygens (including phenoxy) is 1. The standard InChI is InChI=1S/C14H18ClNO/c1-17-14-8-7-12(9-13(14)15)16-10-11-5-3-2-4-6-11/h2-3,7-9,11,16H,4-6,10H2,1H3. The first kappa shape index (κ1) is 12.3. The smallest absolute Gasteiger partial charge is 0.137 e. The van der Waals surface area contributed by atoms with Crippen LogP contribution in [0.15, 0.2) is 30.4 Å². The number of nitrogens with one attached hydrogen (secondary N) is 1. The first-order chi connectivity index (χ1) is 8.29. The van der Waals surface area contributed by atoms with E-state index in [0.717, 1.165) is 23.9 Å². The Morgan fingerprint density at radius 1 is 1.41 bits per heavy atom. The van der Waals surface area contributed by atoms with Crippen molar-refractivity contribution < 1.29 is 4.74 Å². The quantitative estimate of drug-likeness (QED) is 0.813. The largest absolute Gasteiger partial charge is 0.495 e. The van der Waals surface area contributed by atoms with Crippen molar-refractivity contribution in [1.82, 2.24) is 0 Å². The van der Waals surface area contributed by atoms with Gasteiger partial charge in [0.05, 0.1) is 12.1 Å². The molecule has 0 radical (unpaired) electrons. The van der Waals surface area contributed by atoms with E-state index in [0.29, 0.717) is 5.02 Å². The molecule has 1 atom stereocenters. The van der Waals surface area contributed by atoms with Crippen molar-refractivity contribution in [2.45, 2.75) is 19.3 Å². The molecule has 1 aliphatic rings. The van der Waals surface area contributed by atoms with Gasteiger partial charge in [-0.1, -0.05) is 23.8 Å². The van der Waals surface area contributed by atoms with Crippen molar-refractivity contribution in [3.8, 4) is 5.75 Å². The molecule has 2 nitrogen and oxygen atoms in total. The van der Waals surface area contributed by atoms with Crippen molar-refractivity contribution in [1.29, 1.82) is 0 Å². The Hall–Kier alpha value is -1.15. The number of benzene rings is 1. The van der Waals surface area contributed by atoms with Crippen LogP contribution in [0.25, 0.3) is 0 Å². The molecule has 0 saturated heterocycles. The van der Waals surface area contributed by atoms with E-state index in [9.17, 15) is 0 Å². The third-order valence-corrected chi connectivity index (χ3v) is 3.42. The van der Waals surface area contributed by atoms with Crippen LogP contribution in [0.1, 0.15) is 19.3 Å². The SMILES string of the molecule is COc1ccc(NCC2CC=CCC2)cc1Cl. The summed E-state index contributed by atoms with van der Waals surface area (Å²) in [4.78, 5) is 0. The normalized spacial score (nSPS) is 19.1. The molecule has 1 aromatic rings. The molecular weight excluding hydrogens is 234 g/mol. The van der Waals surface area contributed by atoms with Crippen molar-refractivity contribution in [2.75, 3.05) is 19.0 Å². The van der Waals surface area contributed by atoms with Crippen molar-refractivity contribution in [3.63, 3.8) is 0 Å². The fourth-order valence-electron chi connectivity index (χ4n) is 2.08. The minimum Gasteiger partial charge on any atom is -0.495 e. The fourth-order valence-corrected chi connectivity index (χ4v) is 2.34. The molecule has 0 aliphatic heterocycles. The average molecular weight is 252 g/mol. The van der Waals surface area contributed by atoms with Crippen LogP contribution in [0, 0.1) is 5.92 Å². The lowest BCUT2D eigenvalue weighted by Crippen LogP contribution is -2.15. The van der Waals surface area contributed by atoms with Gasteiger partial charge >= 0.3 is 0 Å². The van der Waals surface area contributed by atoms with Gasteiger partial charge in [-0.2, -0.15) is 0 Å². The van der Waals surface area contributed by atoms with Crippen LogP contribution in [-0.2, 0) is 0 Å². The van der Waals surface area contributed by atoms with Crippen molar-refractivity contribution >= 4 is 17.3 Å². The van der Waals surface area contributed by atoms with Gasteiger partial charge in [-0.05, 0) is 43.4 Å². The topological polar surface area (TPSA) is 21.3 Å². The van der Waals surface area contributed by atoms with Gasteiger partial charge in [0.25, 0.3) is 0 Å². The number of halogens is 1. The monoisotopic (exact) mass is 251 g/mol. The number of allylic oxidation sites excluding steroid dienone is 2. The molecule has 0 bridgehead atoms. The van der Waals surface area contributed by atoms with Crippen LogP contribution < -0.4 is 10.1 Å². The Morgan fingerprint density at radius 3 is 2.94 bits per heavy atom. The summed E-state index contributed by atoms with van der Waals surface area (Å²) in [5, 5.41) is 4.09. The predicted molar refractivity (Wildman–Crippen MR) is 73.0 cm³/mol. The second-order valence-electron chi connectivity index (χ2n) is 4.38. The Balaban J connectivity index is 1.90. The Morgan fingerprint density at radius 2 is 2.29 bits per heavy atom. The lowest BCUT2D eigenvalue weighted by molar-refractivity contribution is 0.415. The van der Waals surface area contributed by atoms with Crippen LogP contribution in [-0.4, -0.2) is 13.7 Å². The lowest BCUT2D eigenvalue weighted by atomic mass is 9.94. The summed E-state index contributed by atoms with van der Waals surface area (Å²) in [6.07, 6.45) is 8.19. The maximum absolute atomic E-state index is 6.07. The molecule has 0 saturated carbocycles. The second-order valence-corrected chi connectivity index (χ2v) is 4.79. The highest BCUT2D eigenvalue weighted by atomic mass is 35.5. The summed E-state index contributed by atoms with van der Waals surface area (Å²) in [5.74, 6) is 1.46. The minimum absolute atomic E-state index is 0.654. The number of anilines is 1. The number of methoxy groups -OCH3 is 1. The third-order valence-electron chi connectivity index (χ3n) is 3.12. The minimum atomic E-state index is 0.654. The van der Waals surface area contributed by atoms with Crippen molar-refractivity contribution in [2.24, 2.45) is 5.92 Å². The number of hydrogen-bond acceptors (Lipinski definition) is 2. The van der Waals surface area contributed by atoms with Crippen LogP contribution in [0.5, 0.6) is 5.75 Å². The molecule has 1 N–H and O–H groups in total. The summed E-state index contributed by atoms with van der Waals surface area (Å²) in [6.45, 7) is 1.01. The van der Waals surface area contributed by atoms with E-state index in [1.165, 1.54) is 19.3 Å². The van der Waals surface area contributed by atoms with Gasteiger partial charge in [-0.15, -0.1) is 0 Å². The molecule has 0 spiro atoms. The van der Waals surface area contributed by atoms with Crippen molar-refractivity contribution in [3.05, 3.63) is 35.4 Å². The predicted octanol–water partition coefficient (Wildman–Crippen LogP) is 4.12. The molecule has 2 rings (SSSR count). The van der Waals surface area contributed by atoms with E-state index in [1.807, 2.05) is 18.2 Å². The first-order valence-corrected chi connectivity index (χ1v) is 6.40. The molecule has 0 heterocycles. The van der Waals surface area contributed by atoms with E-state index in [2.05, 4.69) is 17.5 Å². The highest BCUT2D eigenvalue weighted by Gasteiger charge is 2.09. The molecule has 0 amide bonds. The molecule has 1 aromatic carbocycles. The van der Waals surface area contributed by atoms with Crippen LogP contribution >= 0.6 is 11.6 Å². The Labute approximate surface area is 108 Å². The zero-order chi connectivity index (χ0) is 12.1. The average Bonchev–Trinajstić information content (AvgIpc) is 2.38. The molecular formula is C14H18ClNO. The highest BCUT2D eigenvalue weighted by Crippen LogP contribution is 2.27. The molecule has 1 unspecified atom stereocenters. The van der Waals surface area contributed by atoms with E-state index < -0.39 is 0 Å². The molecule has 0 aromatic heterocycles. The highest BCUT2D eigenvalue weighted by molar-refractivity contribution is 6.32. The molecule has 0 fully saturated rings. The van der Waals surface area contributed by atoms with E-state index >= 15 is 0 Å². The van der Waals surface area contributed by atoms with Gasteiger partial charge in [0.2, 0.25) is 0 Å². The lowest BCUT2D eigenvalue weighted by Gasteiger charge is -2.19. The molecule has 92 valence electrons. The third kappa shape index (κ3) is 3.40. The Kier molecular flexibility index (Phi) is 4.32. The summed E-state index contributed by atoms with van der Waals surface area (Å²) in [5.41, 5.74) is 1.06. The van der Waals surface area contributed by atoms with E-state index in [4.69, 9.17) is 16.3 Å². The summed E-state index contributed by atoms with van der Waals surface area (Å²) >= 11 is 6.07. The molecule has 3 heteroatoms. The van der Waals surface area contributed by atoms with Gasteiger partial charge in [0.1, 0.15) is 5.75 Å². The molecule has 1 aliphatic carbocycles. The maximum atomic E-state index is 6.07. The number of rotatable bonds is 4. The van der Waals surface area contributed by atoms with E-state index in [1.54, 1.807) is 7.11 Å². The van der Waals surface area contributed by atoms with Gasteiger partial charge in [0.15, 0.2) is 0 Å². The van der Waals surface area contributed by atoms with Gasteiger partial charge in [0, 0.05) is 12.2 Å². The fraction of sp³-hybridized carbons (Fsp3) is 0.429. The second kappa shape index (κ2) is 5.97. The summed E-state index contributed by atoms with van der Waals surface area (Å²) in [7, 11) is 1.63. The van der Waals surface area contributed by atoms with E-state index in [-0.39, 0.29) is 0 Å². The number of hydrogen-bond donors (Lipinski definition) is 1. The zero-order valence-electron chi connectivity index (χ0n) is 10.1. The van der Waals surface area contributed by atoms with Crippen LogP contribution in [0.3, 0.4) is 0 Å². The maximum Gasteiger partial charge on any atom is 0.137 e. The summed E-state index contributed by atoms with van der Waals surface area (Å²) in [6, 6.07) is 5.81. The first-order valence-electron chi connectivity index (χ1n) is 6.02. The van der Waals surface area contributed by atoms with Crippen LogP contribution in [0.2, 0.25) is 5.02 Å². The van der Waals surface area contributed by atoms with Gasteiger partial charge in [-0.25, -0.2) is 0 Å². The van der Waals surface area contributed by atoms with Gasteiger partial charge < -0.3 is 10.1 Å². The zero-order valence-corrected chi connectivity index (χ0v) is 10.8. The van der Waals surface area contributed by atoms with Crippen LogP contribution in [0.4, 0.5) is 5.69 Å². The Bertz CT molecular complexity index is 403. The summed E-state index contributed by atoms with van der Waals surface area (Å²) < 4.78 is 5.13. The van der Waals surface area contributed by atoms with Gasteiger partial charge in [-0.3, -0.25) is 0 Å². The molecule has 17 heavy (non-hydrogen) atoms.